The fourth-order valence-electron chi connectivity index (χ4n) is 4.45. The first-order chi connectivity index (χ1) is 13.9. The smallest absolute Gasteiger partial charge is 0.259 e. The van der Waals surface area contributed by atoms with Gasteiger partial charge in [-0.3, -0.25) is 4.79 Å². The van der Waals surface area contributed by atoms with Crippen molar-refractivity contribution in [3.63, 3.8) is 0 Å². The highest BCUT2D eigenvalue weighted by atomic mass is 35.5. The molecule has 158 valence electrons. The third-order valence-electron chi connectivity index (χ3n) is 6.07. The molecule has 1 amide bonds. The van der Waals surface area contributed by atoms with Crippen LogP contribution in [0.15, 0.2) is 18.2 Å². The van der Waals surface area contributed by atoms with Crippen LogP contribution in [0.25, 0.3) is 11.6 Å². The topological polar surface area (TPSA) is 85.9 Å². The molecular formula is C23H26ClFN4O. The summed E-state index contributed by atoms with van der Waals surface area (Å²) in [5.41, 5.74) is 10.5. The molecule has 1 aromatic heterocycles. The minimum absolute atomic E-state index is 0. The van der Waals surface area contributed by atoms with Gasteiger partial charge in [0, 0.05) is 29.5 Å². The van der Waals surface area contributed by atoms with E-state index in [4.69, 9.17) is 5.73 Å². The number of anilines is 1. The molecule has 30 heavy (non-hydrogen) atoms. The van der Waals surface area contributed by atoms with Crippen LogP contribution in [-0.4, -0.2) is 23.5 Å². The summed E-state index contributed by atoms with van der Waals surface area (Å²) >= 11 is 0. The Morgan fingerprint density at radius 2 is 1.97 bits per heavy atom. The van der Waals surface area contributed by atoms with Crippen molar-refractivity contribution in [2.45, 2.75) is 45.6 Å². The standard InChI is InChI=1S/C23H25FN4O.ClH/c1-13-7-14(2)27-21(13)10-19-18-9-20(24)16(11-25)8-22(18)28(23(19)29)12-15-3-5-17(26)6-4-15;/h7-10,15,17,27H,3-6,12,26H2,1-2H3;1H/b19-10-;. The molecule has 1 aliphatic heterocycles. The molecule has 0 saturated heterocycles. The highest BCUT2D eigenvalue weighted by molar-refractivity contribution is 6.35. The normalized spacial score (nSPS) is 22.0. The minimum atomic E-state index is -0.602. The summed E-state index contributed by atoms with van der Waals surface area (Å²) in [6, 6.07) is 6.96. The summed E-state index contributed by atoms with van der Waals surface area (Å²) in [5, 5.41) is 9.27. The molecule has 1 aliphatic carbocycles. The van der Waals surface area contributed by atoms with E-state index in [1.807, 2.05) is 26.0 Å². The molecule has 3 N–H and O–H groups in total. The quantitative estimate of drug-likeness (QED) is 0.707. The first-order valence-electron chi connectivity index (χ1n) is 10.1. The largest absolute Gasteiger partial charge is 0.359 e. The zero-order valence-electron chi connectivity index (χ0n) is 17.2. The molecule has 1 saturated carbocycles. The first-order valence-corrected chi connectivity index (χ1v) is 10.1. The average Bonchev–Trinajstić information content (AvgIpc) is 3.13. The lowest BCUT2D eigenvalue weighted by Crippen LogP contribution is -2.36. The predicted octanol–water partition coefficient (Wildman–Crippen LogP) is 4.47. The van der Waals surface area contributed by atoms with Gasteiger partial charge in [-0.15, -0.1) is 12.4 Å². The molecule has 4 rings (SSSR count). The Morgan fingerprint density at radius 3 is 2.57 bits per heavy atom. The number of benzene rings is 1. The number of nitrogens with two attached hydrogens (primary N) is 1. The SMILES string of the molecule is Cc1cc(C)c(/C=C2\C(=O)N(CC3CCC(N)CC3)c3cc(C#N)c(F)cc32)[nH]1.Cl. The van der Waals surface area contributed by atoms with Crippen LogP contribution in [0.1, 0.15) is 53.8 Å². The fourth-order valence-corrected chi connectivity index (χ4v) is 4.45. The summed E-state index contributed by atoms with van der Waals surface area (Å²) in [5.74, 6) is -0.387. The van der Waals surface area contributed by atoms with Gasteiger partial charge in [0.25, 0.3) is 5.91 Å². The summed E-state index contributed by atoms with van der Waals surface area (Å²) < 4.78 is 14.4. The van der Waals surface area contributed by atoms with Crippen molar-refractivity contribution in [2.75, 3.05) is 11.4 Å². The van der Waals surface area contributed by atoms with Crippen LogP contribution in [0, 0.1) is 36.9 Å². The number of halogens is 2. The van der Waals surface area contributed by atoms with Crippen molar-refractivity contribution in [2.24, 2.45) is 11.7 Å². The number of carbonyl (C=O) groups excluding carboxylic acids is 1. The second-order valence-corrected chi connectivity index (χ2v) is 8.26. The number of hydrogen-bond donors (Lipinski definition) is 2. The first kappa shape index (κ1) is 22.1. The Hall–Kier alpha value is -2.62. The van der Waals surface area contributed by atoms with Crippen molar-refractivity contribution >= 4 is 35.7 Å². The number of amides is 1. The zero-order valence-corrected chi connectivity index (χ0v) is 18.0. The van der Waals surface area contributed by atoms with Gasteiger partial charge in [0.05, 0.1) is 16.8 Å². The van der Waals surface area contributed by atoms with Gasteiger partial charge >= 0.3 is 0 Å². The maximum absolute atomic E-state index is 14.4. The van der Waals surface area contributed by atoms with Crippen LogP contribution in [0.5, 0.6) is 0 Å². The lowest BCUT2D eigenvalue weighted by Gasteiger charge is -2.29. The Balaban J connectivity index is 0.00000256. The number of rotatable bonds is 3. The Labute approximate surface area is 182 Å². The molecule has 1 fully saturated rings. The summed E-state index contributed by atoms with van der Waals surface area (Å²) in [7, 11) is 0. The van der Waals surface area contributed by atoms with E-state index in [0.29, 0.717) is 29.3 Å². The summed E-state index contributed by atoms with van der Waals surface area (Å²) in [6.45, 7) is 4.49. The van der Waals surface area contributed by atoms with E-state index in [2.05, 4.69) is 4.98 Å². The van der Waals surface area contributed by atoms with E-state index in [-0.39, 0.29) is 29.9 Å². The summed E-state index contributed by atoms with van der Waals surface area (Å²) in [6.07, 6.45) is 5.65. The van der Waals surface area contributed by atoms with E-state index >= 15 is 0 Å². The fraction of sp³-hybridized carbons (Fsp3) is 0.391. The van der Waals surface area contributed by atoms with Crippen molar-refractivity contribution < 1.29 is 9.18 Å². The molecule has 0 spiro atoms. The number of nitriles is 1. The van der Waals surface area contributed by atoms with E-state index < -0.39 is 5.82 Å². The number of nitrogens with one attached hydrogen (secondary N) is 1. The Kier molecular flexibility index (Phi) is 6.35. The molecule has 1 aromatic carbocycles. The predicted molar refractivity (Wildman–Crippen MR) is 119 cm³/mol. The number of hydrogen-bond acceptors (Lipinski definition) is 3. The van der Waals surface area contributed by atoms with Crippen LogP contribution in [0.3, 0.4) is 0 Å². The van der Waals surface area contributed by atoms with Crippen LogP contribution in [-0.2, 0) is 4.79 Å². The van der Waals surface area contributed by atoms with Crippen molar-refractivity contribution in [3.05, 3.63) is 52.1 Å². The maximum atomic E-state index is 14.4. The molecule has 2 heterocycles. The van der Waals surface area contributed by atoms with Crippen LogP contribution < -0.4 is 10.6 Å². The number of H-pyrrole nitrogens is 1. The molecule has 0 radical (unpaired) electrons. The number of aromatic amines is 1. The van der Waals surface area contributed by atoms with Crippen molar-refractivity contribution in [1.29, 1.82) is 5.26 Å². The van der Waals surface area contributed by atoms with Crippen molar-refractivity contribution in [3.8, 4) is 6.07 Å². The molecule has 2 aromatic rings. The Morgan fingerprint density at radius 1 is 1.27 bits per heavy atom. The lowest BCUT2D eigenvalue weighted by atomic mass is 9.86. The van der Waals surface area contributed by atoms with Gasteiger partial charge in [0.2, 0.25) is 0 Å². The minimum Gasteiger partial charge on any atom is -0.359 e. The molecule has 0 bridgehead atoms. The van der Waals surface area contributed by atoms with Crippen LogP contribution >= 0.6 is 12.4 Å². The molecule has 7 heteroatoms. The molecule has 2 aliphatic rings. The maximum Gasteiger partial charge on any atom is 0.259 e. The van der Waals surface area contributed by atoms with E-state index in [0.717, 1.165) is 42.6 Å². The van der Waals surface area contributed by atoms with Gasteiger partial charge in [-0.25, -0.2) is 4.39 Å². The number of carbonyl (C=O) groups is 1. The number of aryl methyl sites for hydroxylation is 2. The molecule has 0 unspecified atom stereocenters. The zero-order chi connectivity index (χ0) is 20.7. The van der Waals surface area contributed by atoms with Gasteiger partial charge in [-0.2, -0.15) is 5.26 Å². The van der Waals surface area contributed by atoms with Gasteiger partial charge in [-0.05, 0) is 75.3 Å². The van der Waals surface area contributed by atoms with E-state index in [9.17, 15) is 14.4 Å². The lowest BCUT2D eigenvalue weighted by molar-refractivity contribution is -0.113. The highest BCUT2D eigenvalue weighted by Crippen LogP contribution is 2.41. The highest BCUT2D eigenvalue weighted by Gasteiger charge is 2.35. The van der Waals surface area contributed by atoms with Crippen LogP contribution in [0.4, 0.5) is 10.1 Å². The monoisotopic (exact) mass is 428 g/mol. The van der Waals surface area contributed by atoms with Gasteiger partial charge < -0.3 is 15.6 Å². The van der Waals surface area contributed by atoms with Crippen molar-refractivity contribution in [1.82, 2.24) is 4.98 Å². The second-order valence-electron chi connectivity index (χ2n) is 8.26. The van der Waals surface area contributed by atoms with Gasteiger partial charge in [0.1, 0.15) is 11.9 Å². The third kappa shape index (κ3) is 4.00. The number of fused-ring (bicyclic) bond motifs is 1. The van der Waals surface area contributed by atoms with Gasteiger partial charge in [-0.1, -0.05) is 0 Å². The van der Waals surface area contributed by atoms with E-state index in [1.54, 1.807) is 11.0 Å². The van der Waals surface area contributed by atoms with Crippen LogP contribution in [0.2, 0.25) is 0 Å². The number of nitrogens with zero attached hydrogens (tertiary/aromatic N) is 2. The molecular weight excluding hydrogens is 403 g/mol. The average molecular weight is 429 g/mol. The molecule has 0 atom stereocenters. The Bertz CT molecular complexity index is 1040. The second kappa shape index (κ2) is 8.63. The van der Waals surface area contributed by atoms with Gasteiger partial charge in [0.15, 0.2) is 0 Å². The summed E-state index contributed by atoms with van der Waals surface area (Å²) in [4.78, 5) is 18.3. The molecule has 5 nitrogen and oxygen atoms in total. The van der Waals surface area contributed by atoms with E-state index in [1.165, 1.54) is 12.1 Å². The third-order valence-corrected chi connectivity index (χ3v) is 6.07. The number of aromatic nitrogens is 1.